The Balaban J connectivity index is 2.32. The molecule has 2 aliphatic heterocycles. The molecule has 16 heteroatoms. The topological polar surface area (TPSA) is 254 Å². The number of aliphatic hydroxyl groups excluding tert-OH is 7. The van der Waals surface area contributed by atoms with Crippen LogP contribution in [0.25, 0.3) is 0 Å². The van der Waals surface area contributed by atoms with Gasteiger partial charge in [0.2, 0.25) is 5.91 Å². The number of carboxylic acids is 1. The summed E-state index contributed by atoms with van der Waals surface area (Å²) < 4.78 is 15.4. The van der Waals surface area contributed by atoms with Gasteiger partial charge in [-0.1, -0.05) is 0 Å². The number of carboxylic acid groups (broad SMARTS) is 1. The molecule has 0 radical (unpaired) electrons. The number of aliphatic carboxylic acids is 1. The average Bonchev–Trinajstić information content (AvgIpc) is 2.79. The first-order valence-electron chi connectivity index (χ1n) is 10.3. The molecule has 2 heterocycles. The zero-order valence-electron chi connectivity index (χ0n) is 18.3. The number of carbonyl (C=O) groups excluding carboxylic acids is 1. The SMILES string of the molecule is CO[C@@H]1O[C@H](CO)[C@H](O)[C@H](OO[C@]2(C(=O)O)C[C@H](O)[C@@H](NC(C)=O)[C@H]([C@H](O)[C@H](O)CO)O2)[C@H]1O. The molecule has 16 nitrogen and oxygen atoms in total. The van der Waals surface area contributed by atoms with Gasteiger partial charge in [-0.05, 0) is 0 Å². The molecule has 0 aliphatic carbocycles. The molecule has 0 spiro atoms. The lowest BCUT2D eigenvalue weighted by Crippen LogP contribution is -2.68. The highest BCUT2D eigenvalue weighted by molar-refractivity contribution is 5.76. The van der Waals surface area contributed by atoms with Gasteiger partial charge in [-0.2, -0.15) is 4.89 Å². The van der Waals surface area contributed by atoms with E-state index in [1.54, 1.807) is 0 Å². The highest BCUT2D eigenvalue weighted by atomic mass is 17.2. The van der Waals surface area contributed by atoms with Gasteiger partial charge in [0.05, 0.1) is 25.4 Å². The molecule has 0 aromatic rings. The van der Waals surface area contributed by atoms with Crippen LogP contribution in [-0.2, 0) is 33.6 Å². The van der Waals surface area contributed by atoms with Crippen LogP contribution in [0.2, 0.25) is 0 Å². The van der Waals surface area contributed by atoms with E-state index < -0.39 is 98.5 Å². The minimum atomic E-state index is -2.87. The summed E-state index contributed by atoms with van der Waals surface area (Å²) >= 11 is 0. The third-order valence-corrected chi connectivity index (χ3v) is 5.53. The highest BCUT2D eigenvalue weighted by Gasteiger charge is 2.58. The Hall–Kier alpha value is -1.54. The normalized spacial score (nSPS) is 40.4. The minimum Gasteiger partial charge on any atom is -0.477 e. The maximum absolute atomic E-state index is 12.1. The zero-order valence-corrected chi connectivity index (χ0v) is 18.3. The lowest BCUT2D eigenvalue weighted by molar-refractivity contribution is -0.478. The fourth-order valence-corrected chi connectivity index (χ4v) is 3.71. The highest BCUT2D eigenvalue weighted by Crippen LogP contribution is 2.35. The quantitative estimate of drug-likeness (QED) is 0.0999. The second kappa shape index (κ2) is 11.9. The van der Waals surface area contributed by atoms with Gasteiger partial charge in [0, 0.05) is 20.5 Å². The second-order valence-electron chi connectivity index (χ2n) is 7.97. The van der Waals surface area contributed by atoms with Crippen molar-refractivity contribution in [3.05, 3.63) is 0 Å². The zero-order chi connectivity index (χ0) is 25.8. The summed E-state index contributed by atoms with van der Waals surface area (Å²) in [5.41, 5.74) is 0. The van der Waals surface area contributed by atoms with Crippen LogP contribution >= 0.6 is 0 Å². The number of aliphatic hydroxyl groups is 7. The van der Waals surface area contributed by atoms with Crippen LogP contribution in [-0.4, -0.2) is 140 Å². The van der Waals surface area contributed by atoms with Crippen LogP contribution in [0.15, 0.2) is 0 Å². The Morgan fingerprint density at radius 3 is 2.32 bits per heavy atom. The van der Waals surface area contributed by atoms with Crippen molar-refractivity contribution in [1.29, 1.82) is 0 Å². The predicted octanol–water partition coefficient (Wildman–Crippen LogP) is -5.46. The van der Waals surface area contributed by atoms with Crippen molar-refractivity contribution in [2.45, 2.75) is 80.3 Å². The summed E-state index contributed by atoms with van der Waals surface area (Å²) in [6, 6.07) is -1.43. The molecule has 0 saturated carbocycles. The Labute approximate surface area is 193 Å². The van der Waals surface area contributed by atoms with Gasteiger partial charge in [-0.3, -0.25) is 4.79 Å². The summed E-state index contributed by atoms with van der Waals surface area (Å²) in [6.07, 6.45) is -16.2. The van der Waals surface area contributed by atoms with Crippen molar-refractivity contribution in [2.75, 3.05) is 20.3 Å². The van der Waals surface area contributed by atoms with Crippen LogP contribution in [0.5, 0.6) is 0 Å². The first kappa shape index (κ1) is 28.7. The molecule has 1 amide bonds. The molecular formula is C18H31NO15. The van der Waals surface area contributed by atoms with E-state index in [4.69, 9.17) is 29.1 Å². The van der Waals surface area contributed by atoms with Crippen LogP contribution < -0.4 is 5.32 Å². The molecule has 2 rings (SSSR count). The summed E-state index contributed by atoms with van der Waals surface area (Å²) in [5, 5.41) is 82.0. The van der Waals surface area contributed by atoms with Crippen molar-refractivity contribution < 1.29 is 74.4 Å². The number of amides is 1. The van der Waals surface area contributed by atoms with Crippen molar-refractivity contribution >= 4 is 11.9 Å². The van der Waals surface area contributed by atoms with Gasteiger partial charge in [0.1, 0.15) is 36.6 Å². The molecule has 9 N–H and O–H groups in total. The fourth-order valence-electron chi connectivity index (χ4n) is 3.71. The predicted molar refractivity (Wildman–Crippen MR) is 103 cm³/mol. The summed E-state index contributed by atoms with van der Waals surface area (Å²) in [7, 11) is 1.15. The number of carbonyl (C=O) groups is 2. The second-order valence-corrected chi connectivity index (χ2v) is 7.97. The fraction of sp³-hybridized carbons (Fsp3) is 0.889. The Morgan fingerprint density at radius 2 is 1.82 bits per heavy atom. The van der Waals surface area contributed by atoms with Gasteiger partial charge >= 0.3 is 11.8 Å². The Kier molecular flexibility index (Phi) is 10.1. The molecule has 2 saturated heterocycles. The Bertz CT molecular complexity index is 680. The van der Waals surface area contributed by atoms with E-state index >= 15 is 0 Å². The van der Waals surface area contributed by atoms with Gasteiger partial charge in [-0.25, -0.2) is 9.68 Å². The summed E-state index contributed by atoms with van der Waals surface area (Å²) in [6.45, 7) is -0.615. The standard InChI is InChI=1S/C18H31NO15/c1-6(22)19-10-7(23)3-18(17(28)29,32-14(10)11(25)8(24)4-20)34-33-15-12(26)9(5-21)31-16(30-2)13(15)27/h7-16,20-21,23-27H,3-5H2,1-2H3,(H,19,22)(H,28,29)/t7-,8+,9+,10+,11+,12-,13+,14+,15-,16+,18-/m0/s1. The largest absolute Gasteiger partial charge is 0.477 e. The third kappa shape index (κ3) is 5.99. The molecule has 34 heavy (non-hydrogen) atoms. The number of nitrogens with one attached hydrogen (secondary N) is 1. The van der Waals surface area contributed by atoms with E-state index in [1.165, 1.54) is 0 Å². The maximum atomic E-state index is 12.1. The van der Waals surface area contributed by atoms with E-state index in [2.05, 4.69) is 5.32 Å². The first-order valence-corrected chi connectivity index (χ1v) is 10.3. The number of ether oxygens (including phenoxy) is 3. The Morgan fingerprint density at radius 1 is 1.18 bits per heavy atom. The third-order valence-electron chi connectivity index (χ3n) is 5.53. The summed E-state index contributed by atoms with van der Waals surface area (Å²) in [4.78, 5) is 33.6. The molecule has 0 aromatic carbocycles. The molecule has 0 unspecified atom stereocenters. The van der Waals surface area contributed by atoms with Gasteiger partial charge in [0.25, 0.3) is 0 Å². The van der Waals surface area contributed by atoms with Crippen molar-refractivity contribution in [3.8, 4) is 0 Å². The first-order chi connectivity index (χ1) is 15.9. The van der Waals surface area contributed by atoms with E-state index in [1.807, 2.05) is 0 Å². The molecule has 2 fully saturated rings. The smallest absolute Gasteiger partial charge is 0.367 e. The lowest BCUT2D eigenvalue weighted by Gasteiger charge is -2.46. The van der Waals surface area contributed by atoms with Crippen LogP contribution in [0.3, 0.4) is 0 Å². The molecule has 0 aromatic heterocycles. The molecule has 11 atom stereocenters. The van der Waals surface area contributed by atoms with Crippen LogP contribution in [0, 0.1) is 0 Å². The lowest BCUT2D eigenvalue weighted by atomic mass is 9.88. The molecule has 0 bridgehead atoms. The van der Waals surface area contributed by atoms with Crippen LogP contribution in [0.4, 0.5) is 0 Å². The van der Waals surface area contributed by atoms with Gasteiger partial charge < -0.3 is 60.4 Å². The van der Waals surface area contributed by atoms with Gasteiger partial charge in [0.15, 0.2) is 12.4 Å². The number of methoxy groups -OCH3 is 1. The maximum Gasteiger partial charge on any atom is 0.367 e. The summed E-state index contributed by atoms with van der Waals surface area (Å²) in [5.74, 6) is -5.43. The van der Waals surface area contributed by atoms with E-state index in [9.17, 15) is 45.3 Å². The van der Waals surface area contributed by atoms with E-state index in [0.717, 1.165) is 14.0 Å². The van der Waals surface area contributed by atoms with Gasteiger partial charge in [-0.15, -0.1) is 0 Å². The number of hydrogen-bond acceptors (Lipinski definition) is 14. The van der Waals surface area contributed by atoms with Crippen molar-refractivity contribution in [3.63, 3.8) is 0 Å². The average molecular weight is 501 g/mol. The molecule has 198 valence electrons. The van der Waals surface area contributed by atoms with E-state index in [0.29, 0.717) is 0 Å². The molecular weight excluding hydrogens is 470 g/mol. The molecule has 2 aliphatic rings. The van der Waals surface area contributed by atoms with Crippen molar-refractivity contribution in [2.24, 2.45) is 0 Å². The minimum absolute atomic E-state index is 0.683. The van der Waals surface area contributed by atoms with Crippen LogP contribution in [0.1, 0.15) is 13.3 Å². The number of hydrogen-bond donors (Lipinski definition) is 9. The monoisotopic (exact) mass is 501 g/mol. The van der Waals surface area contributed by atoms with Crippen molar-refractivity contribution in [1.82, 2.24) is 5.32 Å². The number of rotatable bonds is 10. The van der Waals surface area contributed by atoms with E-state index in [-0.39, 0.29) is 0 Å².